The van der Waals surface area contributed by atoms with Gasteiger partial charge in [-0.15, -0.1) is 0 Å². The van der Waals surface area contributed by atoms with E-state index in [4.69, 9.17) is 4.74 Å². The molecule has 0 amide bonds. The second-order valence-corrected chi connectivity index (χ2v) is 9.94. The number of methoxy groups -OCH3 is 1. The van der Waals surface area contributed by atoms with Crippen LogP contribution in [0.2, 0.25) is 0 Å². The molecule has 0 atom stereocenters. The molecule has 0 saturated carbocycles. The van der Waals surface area contributed by atoms with Crippen LogP contribution >= 0.6 is 0 Å². The molecular weight excluding hydrogens is 514 g/mol. The Morgan fingerprint density at radius 3 is 2.51 bits per heavy atom. The maximum atomic E-state index is 14.6. The molecule has 2 N–H and O–H groups in total. The monoisotopic (exact) mass is 537 g/mol. The van der Waals surface area contributed by atoms with E-state index in [0.29, 0.717) is 35.6 Å². The van der Waals surface area contributed by atoms with Gasteiger partial charge in [-0.3, -0.25) is 0 Å². The molecule has 2 aromatic heterocycles. The molecule has 0 aliphatic heterocycles. The summed E-state index contributed by atoms with van der Waals surface area (Å²) in [5.74, 6) is 0.494. The molecular formula is C24H23F4N5O3S. The van der Waals surface area contributed by atoms with E-state index in [2.05, 4.69) is 15.3 Å². The Labute approximate surface area is 210 Å². The van der Waals surface area contributed by atoms with Crippen molar-refractivity contribution in [1.29, 1.82) is 0 Å². The Bertz CT molecular complexity index is 1570. The lowest BCUT2D eigenvalue weighted by atomic mass is 10.1. The van der Waals surface area contributed by atoms with Crippen LogP contribution in [0.3, 0.4) is 0 Å². The van der Waals surface area contributed by atoms with Crippen molar-refractivity contribution in [3.05, 3.63) is 65.9 Å². The first kappa shape index (κ1) is 26.4. The van der Waals surface area contributed by atoms with Crippen molar-refractivity contribution < 1.29 is 30.7 Å². The molecule has 0 radical (unpaired) electrons. The first-order valence-corrected chi connectivity index (χ1v) is 12.5. The minimum Gasteiger partial charge on any atom is -0.496 e. The molecule has 0 aliphatic rings. The van der Waals surface area contributed by atoms with Crippen molar-refractivity contribution in [2.75, 3.05) is 26.0 Å². The normalized spacial score (nSPS) is 12.2. The van der Waals surface area contributed by atoms with Crippen LogP contribution in [-0.2, 0) is 22.7 Å². The van der Waals surface area contributed by atoms with E-state index >= 15 is 0 Å². The Kier molecular flexibility index (Phi) is 7.11. The van der Waals surface area contributed by atoms with Crippen molar-refractivity contribution in [3.63, 3.8) is 0 Å². The van der Waals surface area contributed by atoms with Gasteiger partial charge < -0.3 is 14.6 Å². The van der Waals surface area contributed by atoms with Gasteiger partial charge in [0.25, 0.3) is 0 Å². The first-order valence-electron chi connectivity index (χ1n) is 11.0. The van der Waals surface area contributed by atoms with Gasteiger partial charge >= 0.3 is 6.18 Å². The molecule has 0 saturated heterocycles. The second-order valence-electron chi connectivity index (χ2n) is 8.08. The number of benzene rings is 2. The predicted molar refractivity (Wildman–Crippen MR) is 130 cm³/mol. The fraction of sp³-hybridized carbons (Fsp3) is 0.250. The number of anilines is 1. The number of hydrogen-bond acceptors (Lipinski definition) is 6. The van der Waals surface area contributed by atoms with Crippen molar-refractivity contribution >= 4 is 26.7 Å². The molecule has 0 bridgehead atoms. The molecule has 13 heteroatoms. The lowest BCUT2D eigenvalue weighted by Gasteiger charge is -2.15. The van der Waals surface area contributed by atoms with E-state index in [1.165, 1.54) is 31.6 Å². The third-order valence-corrected chi connectivity index (χ3v) is 7.32. The van der Waals surface area contributed by atoms with Crippen LogP contribution in [0.4, 0.5) is 23.4 Å². The summed E-state index contributed by atoms with van der Waals surface area (Å²) in [7, 11) is -1.78. The number of halogens is 4. The number of nitrogens with one attached hydrogen (secondary N) is 2. The van der Waals surface area contributed by atoms with Crippen LogP contribution in [0, 0.1) is 12.7 Å². The maximum absolute atomic E-state index is 14.6. The number of rotatable bonds is 8. The van der Waals surface area contributed by atoms with Crippen LogP contribution < -0.4 is 14.8 Å². The fourth-order valence-corrected chi connectivity index (χ4v) is 5.00. The standard InChI is InChI=1S/C24H23F4N5O3S/c1-14-10-16-20(36-3)6-5-18(25)23(16)33(14)9-8-30-22-12-19(31-13-32-22)15-4-7-21(37(34,35)29-2)17(11-15)24(26,27)28/h4-7,10-13,29H,8-9H2,1-3H3,(H,30,31,32). The number of alkyl halides is 3. The van der Waals surface area contributed by atoms with Gasteiger partial charge in [-0.1, -0.05) is 6.07 Å². The van der Waals surface area contributed by atoms with E-state index in [9.17, 15) is 26.0 Å². The Hall–Kier alpha value is -3.71. The van der Waals surface area contributed by atoms with Gasteiger partial charge in [0.15, 0.2) is 0 Å². The first-order chi connectivity index (χ1) is 17.5. The number of ether oxygens (including phenoxy) is 1. The van der Waals surface area contributed by atoms with Crippen molar-refractivity contribution in [2.24, 2.45) is 0 Å². The highest BCUT2D eigenvalue weighted by atomic mass is 32.2. The largest absolute Gasteiger partial charge is 0.496 e. The van der Waals surface area contributed by atoms with Gasteiger partial charge in [-0.05, 0) is 44.3 Å². The molecule has 4 aromatic rings. The summed E-state index contributed by atoms with van der Waals surface area (Å²) in [6, 6.07) is 9.06. The molecule has 0 fully saturated rings. The number of hydrogen-bond donors (Lipinski definition) is 2. The number of fused-ring (bicyclic) bond motifs is 1. The summed E-state index contributed by atoms with van der Waals surface area (Å²) in [4.78, 5) is 7.26. The zero-order valence-corrected chi connectivity index (χ0v) is 20.8. The molecule has 8 nitrogen and oxygen atoms in total. The molecule has 37 heavy (non-hydrogen) atoms. The Balaban J connectivity index is 1.58. The summed E-state index contributed by atoms with van der Waals surface area (Å²) in [6.45, 7) is 2.54. The Morgan fingerprint density at radius 1 is 1.08 bits per heavy atom. The average Bonchev–Trinajstić information content (AvgIpc) is 3.20. The molecule has 0 unspecified atom stereocenters. The van der Waals surface area contributed by atoms with E-state index in [-0.39, 0.29) is 11.3 Å². The summed E-state index contributed by atoms with van der Waals surface area (Å²) >= 11 is 0. The number of aryl methyl sites for hydroxylation is 1. The number of sulfonamides is 1. The Morgan fingerprint density at radius 2 is 1.84 bits per heavy atom. The molecule has 196 valence electrons. The molecule has 4 rings (SSSR count). The van der Waals surface area contributed by atoms with Gasteiger partial charge in [0.1, 0.15) is 23.7 Å². The van der Waals surface area contributed by atoms with E-state index in [0.717, 1.165) is 24.9 Å². The highest BCUT2D eigenvalue weighted by molar-refractivity contribution is 7.89. The van der Waals surface area contributed by atoms with Crippen LogP contribution in [0.25, 0.3) is 22.2 Å². The van der Waals surface area contributed by atoms with Gasteiger partial charge in [-0.25, -0.2) is 27.5 Å². The fourth-order valence-electron chi connectivity index (χ4n) is 4.07. The van der Waals surface area contributed by atoms with Crippen LogP contribution in [-0.4, -0.2) is 43.7 Å². The maximum Gasteiger partial charge on any atom is 0.417 e. The minimum absolute atomic E-state index is 0.0641. The SMILES string of the molecule is CNS(=O)(=O)c1ccc(-c2cc(NCCn3c(C)cc4c(OC)ccc(F)c43)ncn2)cc1C(F)(F)F. The van der Waals surface area contributed by atoms with Gasteiger partial charge in [0.2, 0.25) is 10.0 Å². The topological polar surface area (TPSA) is 98.1 Å². The third kappa shape index (κ3) is 5.23. The van der Waals surface area contributed by atoms with E-state index in [1.807, 2.05) is 17.7 Å². The zero-order valence-electron chi connectivity index (χ0n) is 20.0. The number of aromatic nitrogens is 3. The number of nitrogens with zero attached hydrogens (tertiary/aromatic N) is 3. The van der Waals surface area contributed by atoms with Gasteiger partial charge in [-0.2, -0.15) is 13.2 Å². The molecule has 0 aliphatic carbocycles. The van der Waals surface area contributed by atoms with Crippen molar-refractivity contribution in [1.82, 2.24) is 19.3 Å². The summed E-state index contributed by atoms with van der Waals surface area (Å²) in [5, 5.41) is 3.72. The molecule has 2 heterocycles. The highest BCUT2D eigenvalue weighted by Crippen LogP contribution is 2.37. The van der Waals surface area contributed by atoms with Gasteiger partial charge in [0, 0.05) is 35.8 Å². The van der Waals surface area contributed by atoms with Gasteiger partial charge in [0.05, 0.1) is 28.8 Å². The van der Waals surface area contributed by atoms with Crippen LogP contribution in [0.1, 0.15) is 11.3 Å². The third-order valence-electron chi connectivity index (χ3n) is 5.84. The van der Waals surface area contributed by atoms with E-state index < -0.39 is 32.5 Å². The second kappa shape index (κ2) is 9.98. The molecule has 0 spiro atoms. The smallest absolute Gasteiger partial charge is 0.417 e. The quantitative estimate of drug-likeness (QED) is 0.319. The average molecular weight is 538 g/mol. The lowest BCUT2D eigenvalue weighted by molar-refractivity contribution is -0.139. The minimum atomic E-state index is -4.90. The summed E-state index contributed by atoms with van der Waals surface area (Å²) < 4.78 is 88.6. The lowest BCUT2D eigenvalue weighted by Crippen LogP contribution is -2.22. The van der Waals surface area contributed by atoms with Crippen molar-refractivity contribution in [2.45, 2.75) is 24.5 Å². The predicted octanol–water partition coefficient (Wildman–Crippen LogP) is 4.59. The zero-order chi connectivity index (χ0) is 27.0. The van der Waals surface area contributed by atoms with Crippen LogP contribution in [0.15, 0.2) is 53.7 Å². The van der Waals surface area contributed by atoms with Crippen LogP contribution in [0.5, 0.6) is 5.75 Å². The highest BCUT2D eigenvalue weighted by Gasteiger charge is 2.37. The molecule has 2 aromatic carbocycles. The summed E-state index contributed by atoms with van der Waals surface area (Å²) in [6.07, 6.45) is -3.72. The van der Waals surface area contributed by atoms with Crippen molar-refractivity contribution in [3.8, 4) is 17.0 Å². The van der Waals surface area contributed by atoms with E-state index in [1.54, 1.807) is 10.6 Å². The summed E-state index contributed by atoms with van der Waals surface area (Å²) in [5.41, 5.74) is 0.141.